The first-order valence-corrected chi connectivity index (χ1v) is 10.8. The van der Waals surface area contributed by atoms with Crippen LogP contribution in [0.2, 0.25) is 0 Å². The van der Waals surface area contributed by atoms with E-state index < -0.39 is 0 Å². The summed E-state index contributed by atoms with van der Waals surface area (Å²) in [5.74, 6) is 0.237. The van der Waals surface area contributed by atoms with Gasteiger partial charge in [-0.2, -0.15) is 0 Å². The summed E-state index contributed by atoms with van der Waals surface area (Å²) < 4.78 is 0. The summed E-state index contributed by atoms with van der Waals surface area (Å²) in [6.45, 7) is 6.00. The second-order valence-electron chi connectivity index (χ2n) is 8.28. The van der Waals surface area contributed by atoms with Gasteiger partial charge in [0.15, 0.2) is 0 Å². The molecule has 2 heterocycles. The van der Waals surface area contributed by atoms with E-state index in [4.69, 9.17) is 0 Å². The number of pyridine rings is 1. The minimum atomic E-state index is -0.250. The molecule has 1 saturated heterocycles. The lowest BCUT2D eigenvalue weighted by atomic mass is 9.84. The summed E-state index contributed by atoms with van der Waals surface area (Å²) in [5, 5.41) is 0. The monoisotopic (exact) mass is 403 g/mol. The molecule has 1 atom stereocenters. The molecule has 30 heavy (non-hydrogen) atoms. The topological polar surface area (TPSA) is 53.5 Å². The number of hydrogen-bond acceptors (Lipinski definition) is 3. The smallest absolute Gasteiger partial charge is 0.228 e. The molecule has 156 valence electrons. The fourth-order valence-electron chi connectivity index (χ4n) is 4.42. The average Bonchev–Trinajstić information content (AvgIpc) is 2.88. The lowest BCUT2D eigenvalue weighted by Crippen LogP contribution is -2.42. The molecule has 2 aliphatic rings. The van der Waals surface area contributed by atoms with E-state index >= 15 is 0 Å². The Morgan fingerprint density at radius 2 is 1.90 bits per heavy atom. The third-order valence-electron chi connectivity index (χ3n) is 6.33. The quantitative estimate of drug-likeness (QED) is 0.693. The number of carbonyl (C=O) groups is 2. The van der Waals surface area contributed by atoms with Crippen molar-refractivity contribution in [1.82, 2.24) is 14.8 Å². The molecule has 1 aliphatic heterocycles. The summed E-state index contributed by atoms with van der Waals surface area (Å²) in [4.78, 5) is 34.2. The van der Waals surface area contributed by atoms with Crippen molar-refractivity contribution in [2.45, 2.75) is 25.7 Å². The van der Waals surface area contributed by atoms with E-state index in [0.29, 0.717) is 32.6 Å². The van der Waals surface area contributed by atoms with Crippen LogP contribution in [-0.2, 0) is 16.0 Å². The number of benzene rings is 1. The Kier molecular flexibility index (Phi) is 6.26. The summed E-state index contributed by atoms with van der Waals surface area (Å²) in [6, 6.07) is 12.2. The van der Waals surface area contributed by atoms with E-state index in [-0.39, 0.29) is 23.7 Å². The van der Waals surface area contributed by atoms with Crippen LogP contribution in [0.15, 0.2) is 61.4 Å². The maximum absolute atomic E-state index is 13.3. The number of hydrogen-bond donors (Lipinski definition) is 0. The molecule has 1 aromatic carbocycles. The zero-order chi connectivity index (χ0) is 20.9. The summed E-state index contributed by atoms with van der Waals surface area (Å²) in [6.07, 6.45) is 9.04. The first-order valence-electron chi connectivity index (χ1n) is 10.8. The van der Waals surface area contributed by atoms with Crippen molar-refractivity contribution in [3.05, 3.63) is 67.0 Å². The lowest BCUT2D eigenvalue weighted by Gasteiger charge is -2.32. The van der Waals surface area contributed by atoms with Crippen LogP contribution < -0.4 is 0 Å². The van der Waals surface area contributed by atoms with Crippen molar-refractivity contribution in [1.29, 1.82) is 0 Å². The van der Waals surface area contributed by atoms with Crippen molar-refractivity contribution in [2.24, 2.45) is 11.8 Å². The Hall–Kier alpha value is -2.95. The molecule has 1 unspecified atom stereocenters. The lowest BCUT2D eigenvalue weighted by molar-refractivity contribution is -0.138. The van der Waals surface area contributed by atoms with Gasteiger partial charge in [-0.1, -0.05) is 36.8 Å². The molecule has 4 rings (SSSR count). The van der Waals surface area contributed by atoms with E-state index in [1.807, 2.05) is 34.1 Å². The number of aromatic nitrogens is 1. The molecule has 0 N–H and O–H groups in total. The highest BCUT2D eigenvalue weighted by Crippen LogP contribution is 2.30. The Morgan fingerprint density at radius 1 is 1.13 bits per heavy atom. The fraction of sp³-hybridized carbons (Fsp3) is 0.400. The second kappa shape index (κ2) is 9.24. The van der Waals surface area contributed by atoms with Gasteiger partial charge in [-0.15, -0.1) is 6.58 Å². The van der Waals surface area contributed by atoms with Gasteiger partial charge in [-0.3, -0.25) is 14.6 Å². The summed E-state index contributed by atoms with van der Waals surface area (Å²) >= 11 is 0. The van der Waals surface area contributed by atoms with Crippen LogP contribution >= 0.6 is 0 Å². The molecule has 1 aromatic heterocycles. The highest BCUT2D eigenvalue weighted by atomic mass is 16.2. The minimum absolute atomic E-state index is 0.114. The molecule has 0 spiro atoms. The largest absolute Gasteiger partial charge is 0.340 e. The molecular weight excluding hydrogens is 374 g/mol. The molecule has 1 saturated carbocycles. The maximum atomic E-state index is 13.3. The number of rotatable bonds is 6. The summed E-state index contributed by atoms with van der Waals surface area (Å²) in [5.41, 5.74) is 3.33. The van der Waals surface area contributed by atoms with Crippen LogP contribution in [-0.4, -0.2) is 52.8 Å². The Balaban J connectivity index is 1.61. The first-order chi connectivity index (χ1) is 14.7. The standard InChI is InChI=1S/C25H29N3O2/c1-2-14-27-15-16-28(24(29)20-7-5-8-20)18-22(25(27)30)17-21-6-3-4-9-23(21)19-10-12-26-13-11-19/h2-4,6,9-13,20,22H,1,5,7-8,14-18H2. The molecule has 5 heteroatoms. The van der Waals surface area contributed by atoms with E-state index in [1.54, 1.807) is 18.5 Å². The van der Waals surface area contributed by atoms with Crippen molar-refractivity contribution in [2.75, 3.05) is 26.2 Å². The van der Waals surface area contributed by atoms with Gasteiger partial charge in [-0.05, 0) is 48.1 Å². The zero-order valence-electron chi connectivity index (χ0n) is 17.4. The van der Waals surface area contributed by atoms with Crippen molar-refractivity contribution >= 4 is 11.8 Å². The van der Waals surface area contributed by atoms with Crippen LogP contribution in [0.1, 0.15) is 24.8 Å². The molecule has 0 bridgehead atoms. The third-order valence-corrected chi connectivity index (χ3v) is 6.33. The van der Waals surface area contributed by atoms with Gasteiger partial charge in [0, 0.05) is 44.5 Å². The SMILES string of the molecule is C=CCN1CCN(C(=O)C2CCC2)CC(Cc2ccccc2-c2ccncc2)C1=O. The van der Waals surface area contributed by atoms with Crippen LogP contribution in [0.3, 0.4) is 0 Å². The Bertz CT molecular complexity index is 908. The van der Waals surface area contributed by atoms with Crippen molar-refractivity contribution < 1.29 is 9.59 Å². The number of nitrogens with zero attached hydrogens (tertiary/aromatic N) is 3. The maximum Gasteiger partial charge on any atom is 0.228 e. The van der Waals surface area contributed by atoms with Gasteiger partial charge < -0.3 is 9.80 Å². The number of carbonyl (C=O) groups excluding carboxylic acids is 2. The second-order valence-corrected chi connectivity index (χ2v) is 8.28. The van der Waals surface area contributed by atoms with Crippen LogP contribution in [0.5, 0.6) is 0 Å². The highest BCUT2D eigenvalue weighted by molar-refractivity contribution is 5.84. The molecule has 1 aliphatic carbocycles. The molecule has 5 nitrogen and oxygen atoms in total. The van der Waals surface area contributed by atoms with Gasteiger partial charge in [0.1, 0.15) is 0 Å². The van der Waals surface area contributed by atoms with Gasteiger partial charge >= 0.3 is 0 Å². The molecular formula is C25H29N3O2. The van der Waals surface area contributed by atoms with Gasteiger partial charge in [0.2, 0.25) is 11.8 Å². The third kappa shape index (κ3) is 4.30. The summed E-state index contributed by atoms with van der Waals surface area (Å²) in [7, 11) is 0. The van der Waals surface area contributed by atoms with E-state index in [2.05, 4.69) is 23.7 Å². The van der Waals surface area contributed by atoms with E-state index in [9.17, 15) is 9.59 Å². The van der Waals surface area contributed by atoms with Crippen LogP contribution in [0.25, 0.3) is 11.1 Å². The van der Waals surface area contributed by atoms with Gasteiger partial charge in [0.25, 0.3) is 0 Å². The van der Waals surface area contributed by atoms with Crippen LogP contribution in [0.4, 0.5) is 0 Å². The molecule has 2 aromatic rings. The van der Waals surface area contributed by atoms with Gasteiger partial charge in [0.05, 0.1) is 5.92 Å². The zero-order valence-corrected chi connectivity index (χ0v) is 17.4. The predicted octanol–water partition coefficient (Wildman–Crippen LogP) is 3.56. The van der Waals surface area contributed by atoms with E-state index in [1.165, 1.54) is 0 Å². The predicted molar refractivity (Wildman–Crippen MR) is 118 cm³/mol. The highest BCUT2D eigenvalue weighted by Gasteiger charge is 2.36. The Morgan fingerprint density at radius 3 is 2.60 bits per heavy atom. The van der Waals surface area contributed by atoms with Crippen LogP contribution in [0, 0.1) is 11.8 Å². The first kappa shape index (κ1) is 20.3. The van der Waals surface area contributed by atoms with E-state index in [0.717, 1.165) is 36.0 Å². The fourth-order valence-corrected chi connectivity index (χ4v) is 4.42. The molecule has 2 amide bonds. The number of amides is 2. The molecule has 2 fully saturated rings. The average molecular weight is 404 g/mol. The van der Waals surface area contributed by atoms with Crippen molar-refractivity contribution in [3.8, 4) is 11.1 Å². The van der Waals surface area contributed by atoms with Gasteiger partial charge in [-0.25, -0.2) is 0 Å². The Labute approximate surface area is 178 Å². The van der Waals surface area contributed by atoms with Crippen molar-refractivity contribution in [3.63, 3.8) is 0 Å². The minimum Gasteiger partial charge on any atom is -0.340 e. The normalized spacial score (nSPS) is 19.9. The molecule has 0 radical (unpaired) electrons.